The molecule has 3 fully saturated rings. The van der Waals surface area contributed by atoms with E-state index in [1.165, 1.54) is 12.8 Å². The monoisotopic (exact) mass is 412 g/mol. The maximum Gasteiger partial charge on any atom is 0.246 e. The molecule has 2 saturated heterocycles. The summed E-state index contributed by atoms with van der Waals surface area (Å²) in [5.74, 6) is -0.226. The number of aryl methyl sites for hydroxylation is 2. The predicted octanol–water partition coefficient (Wildman–Crippen LogP) is 1.61. The van der Waals surface area contributed by atoms with Gasteiger partial charge in [-0.3, -0.25) is 19.3 Å². The Bertz CT molecular complexity index is 813. The lowest BCUT2D eigenvalue weighted by Gasteiger charge is -2.40. The summed E-state index contributed by atoms with van der Waals surface area (Å²) in [6.07, 6.45) is 4.74. The van der Waals surface area contributed by atoms with Crippen molar-refractivity contribution in [2.45, 2.75) is 58.0 Å². The van der Waals surface area contributed by atoms with E-state index in [1.807, 2.05) is 26.0 Å². The smallest absolute Gasteiger partial charge is 0.246 e. The number of hydrogen-bond donors (Lipinski definition) is 1. The van der Waals surface area contributed by atoms with Crippen LogP contribution in [-0.4, -0.2) is 72.3 Å². The third-order valence-corrected chi connectivity index (χ3v) is 6.63. The minimum Gasteiger partial charge on any atom is -0.353 e. The Morgan fingerprint density at radius 2 is 1.73 bits per heavy atom. The second-order valence-electron chi connectivity index (χ2n) is 8.89. The van der Waals surface area contributed by atoms with Gasteiger partial charge in [0.1, 0.15) is 6.54 Å². The Labute approximate surface area is 178 Å². The van der Waals surface area contributed by atoms with E-state index in [0.29, 0.717) is 25.7 Å². The quantitative estimate of drug-likeness (QED) is 0.816. The number of nitrogens with zero attached hydrogens (tertiary/aromatic N) is 3. The summed E-state index contributed by atoms with van der Waals surface area (Å²) < 4.78 is 0. The molecule has 30 heavy (non-hydrogen) atoms. The molecule has 0 spiro atoms. The van der Waals surface area contributed by atoms with Crippen molar-refractivity contribution in [2.75, 3.05) is 37.6 Å². The summed E-state index contributed by atoms with van der Waals surface area (Å²) in [5.41, 5.74) is 3.13. The standard InChI is InChI=1S/C23H32N4O3/c1-16-11-17(2)13-19(12-16)27-10-9-25(15-22(27)29)21(28)14-20-23(30)24-7-8-26(20)18-5-3-4-6-18/h11-13,18,20H,3-10,14-15H2,1-2H3,(H,24,30). The Morgan fingerprint density at radius 3 is 2.40 bits per heavy atom. The van der Waals surface area contributed by atoms with E-state index in [1.54, 1.807) is 9.80 Å². The van der Waals surface area contributed by atoms with Gasteiger partial charge in [-0.15, -0.1) is 0 Å². The molecule has 162 valence electrons. The largest absolute Gasteiger partial charge is 0.353 e. The van der Waals surface area contributed by atoms with Crippen molar-refractivity contribution in [2.24, 2.45) is 0 Å². The van der Waals surface area contributed by atoms with E-state index < -0.39 is 6.04 Å². The SMILES string of the molecule is Cc1cc(C)cc(N2CCN(C(=O)CC3C(=O)NCCN3C3CCCC3)CC2=O)c1. The molecular formula is C23H32N4O3. The van der Waals surface area contributed by atoms with Gasteiger partial charge in [0, 0.05) is 37.9 Å². The molecule has 0 radical (unpaired) electrons. The summed E-state index contributed by atoms with van der Waals surface area (Å²) >= 11 is 0. The molecule has 1 aliphatic carbocycles. The maximum atomic E-state index is 13.0. The van der Waals surface area contributed by atoms with E-state index in [2.05, 4.69) is 16.3 Å². The number of amides is 3. The average Bonchev–Trinajstić information content (AvgIpc) is 3.23. The van der Waals surface area contributed by atoms with Gasteiger partial charge in [0.2, 0.25) is 17.7 Å². The maximum absolute atomic E-state index is 13.0. The van der Waals surface area contributed by atoms with Gasteiger partial charge in [-0.1, -0.05) is 18.9 Å². The molecule has 3 amide bonds. The number of hydrogen-bond acceptors (Lipinski definition) is 4. The Balaban J connectivity index is 1.40. The van der Waals surface area contributed by atoms with Crippen molar-refractivity contribution in [3.63, 3.8) is 0 Å². The highest BCUT2D eigenvalue weighted by Crippen LogP contribution is 2.27. The second-order valence-corrected chi connectivity index (χ2v) is 8.89. The molecule has 1 unspecified atom stereocenters. The molecule has 1 atom stereocenters. The summed E-state index contributed by atoms with van der Waals surface area (Å²) in [6, 6.07) is 6.08. The first-order valence-corrected chi connectivity index (χ1v) is 11.1. The van der Waals surface area contributed by atoms with Gasteiger partial charge in [-0.2, -0.15) is 0 Å². The Hall–Kier alpha value is -2.41. The van der Waals surface area contributed by atoms with Gasteiger partial charge < -0.3 is 15.1 Å². The van der Waals surface area contributed by atoms with Gasteiger partial charge >= 0.3 is 0 Å². The number of rotatable bonds is 4. The number of carbonyl (C=O) groups excluding carboxylic acids is 3. The van der Waals surface area contributed by atoms with E-state index in [4.69, 9.17) is 0 Å². The summed E-state index contributed by atoms with van der Waals surface area (Å²) in [4.78, 5) is 44.0. The average molecular weight is 413 g/mol. The van der Waals surface area contributed by atoms with Crippen LogP contribution >= 0.6 is 0 Å². The highest BCUT2D eigenvalue weighted by atomic mass is 16.2. The third-order valence-electron chi connectivity index (χ3n) is 6.63. The molecule has 1 saturated carbocycles. The van der Waals surface area contributed by atoms with Crippen LogP contribution in [0.25, 0.3) is 0 Å². The fourth-order valence-corrected chi connectivity index (χ4v) is 5.18. The molecule has 7 nitrogen and oxygen atoms in total. The van der Waals surface area contributed by atoms with E-state index in [0.717, 1.165) is 36.2 Å². The van der Waals surface area contributed by atoms with Crippen LogP contribution in [0.15, 0.2) is 18.2 Å². The lowest BCUT2D eigenvalue weighted by molar-refractivity contribution is -0.142. The normalized spacial score (nSPS) is 23.7. The van der Waals surface area contributed by atoms with Crippen LogP contribution in [0.4, 0.5) is 5.69 Å². The highest BCUT2D eigenvalue weighted by Gasteiger charge is 2.38. The first-order chi connectivity index (χ1) is 14.4. The lowest BCUT2D eigenvalue weighted by atomic mass is 10.0. The number of anilines is 1. The van der Waals surface area contributed by atoms with Crippen LogP contribution in [-0.2, 0) is 14.4 Å². The van der Waals surface area contributed by atoms with Crippen molar-refractivity contribution in [3.05, 3.63) is 29.3 Å². The van der Waals surface area contributed by atoms with Gasteiger partial charge in [-0.05, 0) is 49.9 Å². The summed E-state index contributed by atoms with van der Waals surface area (Å²) in [6.45, 7) is 6.54. The Kier molecular flexibility index (Phi) is 6.09. The molecule has 0 aromatic heterocycles. The van der Waals surface area contributed by atoms with Crippen molar-refractivity contribution >= 4 is 23.4 Å². The van der Waals surface area contributed by atoms with Crippen LogP contribution in [0.5, 0.6) is 0 Å². The first-order valence-electron chi connectivity index (χ1n) is 11.1. The third kappa shape index (κ3) is 4.36. The molecule has 1 aromatic carbocycles. The van der Waals surface area contributed by atoms with Gasteiger partial charge in [-0.25, -0.2) is 0 Å². The topological polar surface area (TPSA) is 73.0 Å². The van der Waals surface area contributed by atoms with Gasteiger partial charge in [0.15, 0.2) is 0 Å². The predicted molar refractivity (Wildman–Crippen MR) is 115 cm³/mol. The van der Waals surface area contributed by atoms with E-state index in [-0.39, 0.29) is 30.7 Å². The van der Waals surface area contributed by atoms with Crippen molar-refractivity contribution in [1.29, 1.82) is 0 Å². The fraction of sp³-hybridized carbons (Fsp3) is 0.609. The molecule has 1 aromatic rings. The summed E-state index contributed by atoms with van der Waals surface area (Å²) in [7, 11) is 0. The van der Waals surface area contributed by atoms with Gasteiger partial charge in [0.05, 0.1) is 12.5 Å². The van der Waals surface area contributed by atoms with Crippen molar-refractivity contribution in [3.8, 4) is 0 Å². The minimum absolute atomic E-state index is 0.0540. The zero-order valence-corrected chi connectivity index (χ0v) is 18.0. The van der Waals surface area contributed by atoms with E-state index in [9.17, 15) is 14.4 Å². The molecule has 7 heteroatoms. The summed E-state index contributed by atoms with van der Waals surface area (Å²) in [5, 5.41) is 2.92. The molecule has 4 rings (SSSR count). The van der Waals surface area contributed by atoms with Crippen LogP contribution in [0.3, 0.4) is 0 Å². The number of benzene rings is 1. The lowest BCUT2D eigenvalue weighted by Crippen LogP contribution is -2.60. The van der Waals surface area contributed by atoms with Crippen molar-refractivity contribution < 1.29 is 14.4 Å². The van der Waals surface area contributed by atoms with Crippen LogP contribution < -0.4 is 10.2 Å². The molecule has 1 N–H and O–H groups in total. The number of nitrogens with one attached hydrogen (secondary N) is 1. The molecule has 2 heterocycles. The van der Waals surface area contributed by atoms with Gasteiger partial charge in [0.25, 0.3) is 0 Å². The molecular weight excluding hydrogens is 380 g/mol. The van der Waals surface area contributed by atoms with Crippen LogP contribution in [0.2, 0.25) is 0 Å². The van der Waals surface area contributed by atoms with Crippen LogP contribution in [0, 0.1) is 13.8 Å². The zero-order chi connectivity index (χ0) is 21.3. The van der Waals surface area contributed by atoms with E-state index >= 15 is 0 Å². The molecule has 3 aliphatic rings. The Morgan fingerprint density at radius 1 is 1.03 bits per heavy atom. The highest BCUT2D eigenvalue weighted by molar-refractivity contribution is 5.98. The number of piperazine rings is 2. The molecule has 0 bridgehead atoms. The minimum atomic E-state index is -0.415. The van der Waals surface area contributed by atoms with Crippen molar-refractivity contribution in [1.82, 2.24) is 15.1 Å². The molecule has 2 aliphatic heterocycles. The first kappa shape index (κ1) is 20.8. The second kappa shape index (κ2) is 8.76. The fourth-order valence-electron chi connectivity index (χ4n) is 5.18. The van der Waals surface area contributed by atoms with Crippen LogP contribution in [0.1, 0.15) is 43.2 Å². The zero-order valence-electron chi connectivity index (χ0n) is 18.0. The number of carbonyl (C=O) groups is 3.